The third-order valence-corrected chi connectivity index (χ3v) is 4.49. The maximum absolute atomic E-state index is 12.3. The summed E-state index contributed by atoms with van der Waals surface area (Å²) in [5.41, 5.74) is 0.834. The van der Waals surface area contributed by atoms with Crippen LogP contribution in [0.5, 0.6) is 5.75 Å². The van der Waals surface area contributed by atoms with Crippen molar-refractivity contribution in [3.05, 3.63) is 30.2 Å². The zero-order chi connectivity index (χ0) is 16.9. The van der Waals surface area contributed by atoms with Gasteiger partial charge in [-0.15, -0.1) is 0 Å². The minimum Gasteiger partial charge on any atom is -0.497 e. The van der Waals surface area contributed by atoms with Crippen molar-refractivity contribution < 1.29 is 14.1 Å². The van der Waals surface area contributed by atoms with Gasteiger partial charge >= 0.3 is 0 Å². The number of aryl methyl sites for hydroxylation is 1. The Balaban J connectivity index is 1.57. The van der Waals surface area contributed by atoms with Crippen molar-refractivity contribution in [1.29, 1.82) is 0 Å². The predicted molar refractivity (Wildman–Crippen MR) is 89.6 cm³/mol. The minimum absolute atomic E-state index is 0.169. The van der Waals surface area contributed by atoms with Gasteiger partial charge in [0.15, 0.2) is 0 Å². The maximum atomic E-state index is 12.3. The van der Waals surface area contributed by atoms with Crippen molar-refractivity contribution in [2.75, 3.05) is 20.2 Å². The lowest BCUT2D eigenvalue weighted by atomic mass is 9.99. The van der Waals surface area contributed by atoms with Gasteiger partial charge in [0.25, 0.3) is 0 Å². The number of benzene rings is 1. The Morgan fingerprint density at radius 1 is 1.38 bits per heavy atom. The molecule has 0 atom stereocenters. The van der Waals surface area contributed by atoms with Gasteiger partial charge in [-0.2, -0.15) is 4.98 Å². The largest absolute Gasteiger partial charge is 0.497 e. The van der Waals surface area contributed by atoms with Crippen LogP contribution in [0.15, 0.2) is 28.8 Å². The van der Waals surface area contributed by atoms with E-state index in [1.807, 2.05) is 29.2 Å². The first-order valence-corrected chi connectivity index (χ1v) is 8.40. The summed E-state index contributed by atoms with van der Waals surface area (Å²) in [5.74, 6) is 2.64. The normalized spacial score (nSPS) is 15.5. The van der Waals surface area contributed by atoms with E-state index in [0.717, 1.165) is 43.2 Å². The number of nitrogens with zero attached hydrogens (tertiary/aromatic N) is 3. The molecule has 2 aromatic rings. The highest BCUT2D eigenvalue weighted by atomic mass is 16.5. The topological polar surface area (TPSA) is 68.5 Å². The minimum atomic E-state index is 0.169. The number of amides is 1. The summed E-state index contributed by atoms with van der Waals surface area (Å²) in [4.78, 5) is 18.6. The highest BCUT2D eigenvalue weighted by molar-refractivity contribution is 5.76. The third kappa shape index (κ3) is 3.93. The van der Waals surface area contributed by atoms with Gasteiger partial charge in [0.05, 0.1) is 7.11 Å². The number of carbonyl (C=O) groups is 1. The number of ether oxygens (including phenoxy) is 1. The Hall–Kier alpha value is -2.37. The highest BCUT2D eigenvalue weighted by Crippen LogP contribution is 2.22. The fourth-order valence-corrected chi connectivity index (χ4v) is 2.87. The van der Waals surface area contributed by atoms with Crippen LogP contribution in [-0.2, 0) is 11.2 Å². The van der Waals surface area contributed by atoms with E-state index in [-0.39, 0.29) is 5.91 Å². The van der Waals surface area contributed by atoms with Crippen LogP contribution in [-0.4, -0.2) is 41.1 Å². The summed E-state index contributed by atoms with van der Waals surface area (Å²) in [6.45, 7) is 3.96. The number of carbonyl (C=O) groups excluding carboxylic acids is 1. The molecule has 24 heavy (non-hydrogen) atoms. The lowest BCUT2D eigenvalue weighted by Crippen LogP contribution is -2.38. The third-order valence-electron chi connectivity index (χ3n) is 4.49. The molecule has 0 unspecified atom stereocenters. The molecule has 1 aliphatic rings. The molecule has 6 heteroatoms. The summed E-state index contributed by atoms with van der Waals surface area (Å²) in [7, 11) is 1.62. The maximum Gasteiger partial charge on any atom is 0.227 e. The van der Waals surface area contributed by atoms with Gasteiger partial charge in [0.1, 0.15) is 5.75 Å². The first-order chi connectivity index (χ1) is 11.7. The second-order valence-electron chi connectivity index (χ2n) is 6.31. The van der Waals surface area contributed by atoms with E-state index in [0.29, 0.717) is 24.6 Å². The predicted octanol–water partition coefficient (Wildman–Crippen LogP) is 2.94. The van der Waals surface area contributed by atoms with Crippen molar-refractivity contribution >= 4 is 5.91 Å². The van der Waals surface area contributed by atoms with Gasteiger partial charge in [0.2, 0.25) is 17.6 Å². The lowest BCUT2D eigenvalue weighted by Gasteiger charge is -2.30. The molecular weight excluding hydrogens is 306 g/mol. The molecule has 0 radical (unpaired) electrons. The average Bonchev–Trinajstić information content (AvgIpc) is 3.09. The molecular formula is C18H23N3O3. The van der Waals surface area contributed by atoms with Gasteiger partial charge in [-0.25, -0.2) is 0 Å². The Kier molecular flexibility index (Phi) is 5.13. The number of hydrogen-bond donors (Lipinski definition) is 0. The quantitative estimate of drug-likeness (QED) is 0.843. The standard InChI is InChI=1S/C18H23N3O3/c1-13-8-10-21(11-9-13)17(22)7-6-16-19-18(20-24-16)14-4-3-5-15(12-14)23-2/h3-5,12-13H,6-11H2,1-2H3. The molecule has 0 bridgehead atoms. The Bertz CT molecular complexity index is 690. The monoisotopic (exact) mass is 329 g/mol. The molecule has 1 aromatic heterocycles. The number of likely N-dealkylation sites (tertiary alicyclic amines) is 1. The molecule has 1 aromatic carbocycles. The Morgan fingerprint density at radius 3 is 2.92 bits per heavy atom. The molecule has 3 rings (SSSR count). The van der Waals surface area contributed by atoms with Crippen molar-refractivity contribution in [2.24, 2.45) is 5.92 Å². The summed E-state index contributed by atoms with van der Waals surface area (Å²) in [5, 5.41) is 4.00. The molecule has 128 valence electrons. The molecule has 1 aliphatic heterocycles. The van der Waals surface area contributed by atoms with E-state index < -0.39 is 0 Å². The van der Waals surface area contributed by atoms with E-state index in [2.05, 4.69) is 17.1 Å². The second kappa shape index (κ2) is 7.47. The molecule has 1 saturated heterocycles. The Morgan fingerprint density at radius 2 is 2.17 bits per heavy atom. The fraction of sp³-hybridized carbons (Fsp3) is 0.500. The highest BCUT2D eigenvalue weighted by Gasteiger charge is 2.20. The smallest absolute Gasteiger partial charge is 0.227 e. The van der Waals surface area contributed by atoms with Crippen LogP contribution in [0.1, 0.15) is 32.1 Å². The van der Waals surface area contributed by atoms with E-state index in [1.54, 1.807) is 7.11 Å². The Labute approximate surface area is 141 Å². The van der Waals surface area contributed by atoms with E-state index in [1.165, 1.54) is 0 Å². The fourth-order valence-electron chi connectivity index (χ4n) is 2.87. The number of methoxy groups -OCH3 is 1. The lowest BCUT2D eigenvalue weighted by molar-refractivity contribution is -0.132. The van der Waals surface area contributed by atoms with E-state index in [9.17, 15) is 4.79 Å². The van der Waals surface area contributed by atoms with Gasteiger partial charge in [0, 0.05) is 31.5 Å². The number of piperidine rings is 1. The van der Waals surface area contributed by atoms with Gasteiger partial charge < -0.3 is 14.2 Å². The molecule has 0 N–H and O–H groups in total. The van der Waals surface area contributed by atoms with Crippen molar-refractivity contribution in [3.8, 4) is 17.1 Å². The van der Waals surface area contributed by atoms with Crippen LogP contribution in [0.2, 0.25) is 0 Å². The summed E-state index contributed by atoms with van der Waals surface area (Å²) in [6, 6.07) is 7.50. The summed E-state index contributed by atoms with van der Waals surface area (Å²) in [6.07, 6.45) is 3.06. The second-order valence-corrected chi connectivity index (χ2v) is 6.31. The van der Waals surface area contributed by atoms with Crippen LogP contribution in [0.4, 0.5) is 0 Å². The van der Waals surface area contributed by atoms with Crippen LogP contribution >= 0.6 is 0 Å². The molecule has 0 spiro atoms. The van der Waals surface area contributed by atoms with Gasteiger partial charge in [-0.3, -0.25) is 4.79 Å². The zero-order valence-corrected chi connectivity index (χ0v) is 14.2. The van der Waals surface area contributed by atoms with Crippen LogP contribution in [0, 0.1) is 5.92 Å². The number of rotatable bonds is 5. The molecule has 1 fully saturated rings. The zero-order valence-electron chi connectivity index (χ0n) is 14.2. The van der Waals surface area contributed by atoms with Crippen LogP contribution in [0.25, 0.3) is 11.4 Å². The number of aromatic nitrogens is 2. The van der Waals surface area contributed by atoms with Crippen molar-refractivity contribution in [1.82, 2.24) is 15.0 Å². The number of hydrogen-bond acceptors (Lipinski definition) is 5. The van der Waals surface area contributed by atoms with Crippen molar-refractivity contribution in [2.45, 2.75) is 32.6 Å². The van der Waals surface area contributed by atoms with Gasteiger partial charge in [-0.05, 0) is 30.9 Å². The summed E-state index contributed by atoms with van der Waals surface area (Å²) >= 11 is 0. The van der Waals surface area contributed by atoms with Gasteiger partial charge in [-0.1, -0.05) is 24.2 Å². The van der Waals surface area contributed by atoms with Crippen LogP contribution < -0.4 is 4.74 Å². The van der Waals surface area contributed by atoms with E-state index >= 15 is 0 Å². The molecule has 6 nitrogen and oxygen atoms in total. The molecule has 2 heterocycles. The van der Waals surface area contributed by atoms with Crippen LogP contribution in [0.3, 0.4) is 0 Å². The molecule has 0 saturated carbocycles. The van der Waals surface area contributed by atoms with Crippen molar-refractivity contribution in [3.63, 3.8) is 0 Å². The SMILES string of the molecule is COc1cccc(-c2noc(CCC(=O)N3CCC(C)CC3)n2)c1. The van der Waals surface area contributed by atoms with E-state index in [4.69, 9.17) is 9.26 Å². The first kappa shape index (κ1) is 16.5. The molecule has 1 amide bonds. The average molecular weight is 329 g/mol. The first-order valence-electron chi connectivity index (χ1n) is 8.40. The molecule has 0 aliphatic carbocycles. The summed E-state index contributed by atoms with van der Waals surface area (Å²) < 4.78 is 10.5.